The van der Waals surface area contributed by atoms with E-state index in [1.54, 1.807) is 0 Å². The molecule has 0 fully saturated rings. The molecule has 0 aromatic carbocycles. The van der Waals surface area contributed by atoms with E-state index >= 15 is 0 Å². The van der Waals surface area contributed by atoms with Gasteiger partial charge in [0.1, 0.15) is 0 Å². The third kappa shape index (κ3) is 44.0. The van der Waals surface area contributed by atoms with Crippen molar-refractivity contribution in [1.29, 1.82) is 0 Å². The smallest absolute Gasteiger partial charge is 0.368 e. The zero-order valence-electron chi connectivity index (χ0n) is 24.9. The predicted molar refractivity (Wildman–Crippen MR) is 175 cm³/mol. The molecule has 0 unspecified atom stereocenters. The van der Waals surface area contributed by atoms with Crippen LogP contribution < -0.4 is 68.8 Å². The largest absolute Gasteiger partial charge is 0.466 e. The third-order valence-electron chi connectivity index (χ3n) is 2.75. The summed E-state index contributed by atoms with van der Waals surface area (Å²) in [6.45, 7) is 0. The van der Waals surface area contributed by atoms with Crippen LogP contribution in [0.4, 0.5) is 71.4 Å². The predicted octanol–water partition coefficient (Wildman–Crippen LogP) is -8.31. The van der Waals surface area contributed by atoms with E-state index in [1.807, 2.05) is 0 Å². The molecule has 36 nitrogen and oxygen atoms in total. The first kappa shape index (κ1) is 49.4. The summed E-state index contributed by atoms with van der Waals surface area (Å²) in [5.74, 6) is 0.500. The second-order valence-electron chi connectivity index (χ2n) is 7.18. The summed E-state index contributed by atoms with van der Waals surface area (Å²) in [4.78, 5) is 107. The van der Waals surface area contributed by atoms with Crippen molar-refractivity contribution in [3.8, 4) is 0 Å². The number of anilines is 12. The van der Waals surface area contributed by atoms with Crippen LogP contribution in [0.1, 0.15) is 0 Å². The van der Waals surface area contributed by atoms with E-state index in [-0.39, 0.29) is 71.4 Å². The van der Waals surface area contributed by atoms with Crippen LogP contribution >= 0.6 is 23.5 Å². The van der Waals surface area contributed by atoms with Crippen molar-refractivity contribution in [2.75, 3.05) is 68.8 Å². The van der Waals surface area contributed by atoms with E-state index in [1.165, 1.54) is 0 Å². The Morgan fingerprint density at radius 3 is 0.314 bits per heavy atom. The second-order valence-corrected chi connectivity index (χ2v) is 10.3. The highest BCUT2D eigenvalue weighted by Gasteiger charge is 2.01. The maximum atomic E-state index is 8.88. The van der Waals surface area contributed by atoms with Gasteiger partial charge in [0, 0.05) is 0 Å². The van der Waals surface area contributed by atoms with Gasteiger partial charge in [-0.2, -0.15) is 59.8 Å². The Hall–Kier alpha value is -6.03. The molecule has 4 rings (SSSR count). The third-order valence-corrected chi connectivity index (χ3v) is 2.75. The zero-order valence-corrected chi connectivity index (χ0v) is 27.6. The van der Waals surface area contributed by atoms with Gasteiger partial charge in [-0.25, -0.2) is 13.7 Å². The van der Waals surface area contributed by atoms with Crippen molar-refractivity contribution in [2.24, 2.45) is 0 Å². The lowest BCUT2D eigenvalue weighted by atomic mass is 10.9. The van der Waals surface area contributed by atoms with Gasteiger partial charge in [0.25, 0.3) is 0 Å². The molecule has 4 aromatic heterocycles. The number of nitrogens with zero attached hydrogens (tertiary/aromatic N) is 12. The van der Waals surface area contributed by atoms with Crippen LogP contribution in [0.3, 0.4) is 0 Å². The SMILES string of the molecule is Nc1nc(N)nc(N)n1.Nc1nc(N)nc(N)n1.Nc1nc(N)nc(N)n1.Nc1nc(N)nc(N)n1.O=P(O)(O)O.O=P(O)(O)O.O=P(O)(O)O. The quantitative estimate of drug-likeness (QED) is 0.0734. The molecule has 0 aliphatic heterocycles. The monoisotopic (exact) mass is 798 g/mol. The first-order valence-corrected chi connectivity index (χ1v) is 15.9. The van der Waals surface area contributed by atoms with E-state index in [2.05, 4.69) is 59.8 Å². The summed E-state index contributed by atoms with van der Waals surface area (Å²) >= 11 is 0. The maximum Gasteiger partial charge on any atom is 0.466 e. The molecule has 0 aliphatic rings. The van der Waals surface area contributed by atoms with Gasteiger partial charge in [0.15, 0.2) is 0 Å². The molecular weight excluding hydrogens is 765 g/mol. The average Bonchev–Trinajstić information content (AvgIpc) is 2.78. The number of rotatable bonds is 0. The van der Waals surface area contributed by atoms with E-state index in [4.69, 9.17) is 127 Å². The Kier molecular flexibility index (Phi) is 21.8. The molecule has 39 heteroatoms. The number of phosphoric acid groups is 3. The molecule has 33 N–H and O–H groups in total. The van der Waals surface area contributed by atoms with E-state index < -0.39 is 23.5 Å². The summed E-state index contributed by atoms with van der Waals surface area (Å²) in [6, 6.07) is 0. The van der Waals surface area contributed by atoms with Gasteiger partial charge >= 0.3 is 23.5 Å². The number of hydrogen-bond donors (Lipinski definition) is 21. The molecule has 0 spiro atoms. The van der Waals surface area contributed by atoms with Gasteiger partial charge in [0.2, 0.25) is 71.4 Å². The highest BCUT2D eigenvalue weighted by atomic mass is 31.2. The fraction of sp³-hybridized carbons (Fsp3) is 0. The van der Waals surface area contributed by atoms with Gasteiger partial charge in [0.05, 0.1) is 0 Å². The molecule has 0 atom stereocenters. The van der Waals surface area contributed by atoms with Gasteiger partial charge in [-0.05, 0) is 0 Å². The Balaban J connectivity index is -0.000000537. The molecule has 0 saturated carbocycles. The number of aromatic nitrogens is 12. The summed E-state index contributed by atoms with van der Waals surface area (Å²) in [5, 5.41) is 0. The van der Waals surface area contributed by atoms with Crippen molar-refractivity contribution in [3.63, 3.8) is 0 Å². The molecule has 288 valence electrons. The molecule has 0 bridgehead atoms. The molecular formula is C12H33N24O12P3. The molecule has 4 heterocycles. The maximum absolute atomic E-state index is 8.88. The van der Waals surface area contributed by atoms with Crippen LogP contribution in [0, 0.1) is 0 Å². The summed E-state index contributed by atoms with van der Waals surface area (Å²) in [7, 11) is -13.9. The zero-order chi connectivity index (χ0) is 40.9. The van der Waals surface area contributed by atoms with Gasteiger partial charge in [-0.15, -0.1) is 0 Å². The molecule has 0 aliphatic carbocycles. The molecule has 51 heavy (non-hydrogen) atoms. The number of hydrogen-bond acceptors (Lipinski definition) is 27. The van der Waals surface area contributed by atoms with Crippen LogP contribution in [-0.2, 0) is 13.7 Å². The lowest BCUT2D eigenvalue weighted by Gasteiger charge is -1.93. The fourth-order valence-electron chi connectivity index (χ4n) is 1.71. The minimum absolute atomic E-state index is 0.0417. The van der Waals surface area contributed by atoms with Gasteiger partial charge in [-0.1, -0.05) is 0 Å². The van der Waals surface area contributed by atoms with Crippen LogP contribution in [0.2, 0.25) is 0 Å². The normalized spacial score (nSPS) is 10.1. The molecule has 4 aromatic rings. The van der Waals surface area contributed by atoms with E-state index in [0.29, 0.717) is 0 Å². The number of nitrogen functional groups attached to an aromatic ring is 12. The van der Waals surface area contributed by atoms with Crippen LogP contribution in [0.25, 0.3) is 0 Å². The van der Waals surface area contributed by atoms with E-state index in [9.17, 15) is 0 Å². The summed E-state index contributed by atoms with van der Waals surface area (Å²) in [6.07, 6.45) is 0. The van der Waals surface area contributed by atoms with E-state index in [0.717, 1.165) is 0 Å². The Morgan fingerprint density at radius 2 is 0.275 bits per heavy atom. The summed E-state index contributed by atoms with van der Waals surface area (Å²) < 4.78 is 26.6. The van der Waals surface area contributed by atoms with Crippen molar-refractivity contribution < 1.29 is 57.7 Å². The van der Waals surface area contributed by atoms with Crippen molar-refractivity contribution in [1.82, 2.24) is 59.8 Å². The van der Waals surface area contributed by atoms with Gasteiger partial charge in [-0.3, -0.25) is 0 Å². The molecule has 0 saturated heterocycles. The highest BCUT2D eigenvalue weighted by molar-refractivity contribution is 7.45. The standard InChI is InChI=1S/4C3H6N6.3H3O4P/c4*4-1-7-2(5)9-3(6)8-1;3*1-5(2,3)4/h4*(H6,4,5,6,7,8,9);3*(H3,1,2,3,4). The van der Waals surface area contributed by atoms with Gasteiger partial charge < -0.3 is 113 Å². The highest BCUT2D eigenvalue weighted by Crippen LogP contribution is 2.26. The fourth-order valence-corrected chi connectivity index (χ4v) is 1.71. The second kappa shape index (κ2) is 22.6. The minimum Gasteiger partial charge on any atom is -0.368 e. The molecule has 0 amide bonds. The summed E-state index contributed by atoms with van der Waals surface area (Å²) in [5.41, 5.74) is 61.6. The lowest BCUT2D eigenvalue weighted by Crippen LogP contribution is -2.05. The Morgan fingerprint density at radius 1 is 0.235 bits per heavy atom. The van der Waals surface area contributed by atoms with Crippen molar-refractivity contribution >= 4 is 94.8 Å². The Labute approximate surface area is 281 Å². The van der Waals surface area contributed by atoms with Crippen LogP contribution in [-0.4, -0.2) is 104 Å². The van der Waals surface area contributed by atoms with Crippen molar-refractivity contribution in [3.05, 3.63) is 0 Å². The van der Waals surface area contributed by atoms with Crippen LogP contribution in [0.15, 0.2) is 0 Å². The topological polar surface area (TPSA) is 700 Å². The first-order valence-electron chi connectivity index (χ1n) is 11.2. The molecule has 0 radical (unpaired) electrons. The Bertz CT molecular complexity index is 1320. The van der Waals surface area contributed by atoms with Crippen molar-refractivity contribution in [2.45, 2.75) is 0 Å². The van der Waals surface area contributed by atoms with Crippen LogP contribution in [0.5, 0.6) is 0 Å². The first-order chi connectivity index (χ1) is 22.7. The average molecular weight is 798 g/mol. The number of nitrogens with two attached hydrogens (primary N) is 12. The lowest BCUT2D eigenvalue weighted by molar-refractivity contribution is 0.272. The minimum atomic E-state index is -4.64.